The summed E-state index contributed by atoms with van der Waals surface area (Å²) in [5.41, 5.74) is 9.81. The topological polar surface area (TPSA) is 51.8 Å². The summed E-state index contributed by atoms with van der Waals surface area (Å²) < 4.78 is 0. The van der Waals surface area contributed by atoms with E-state index in [-0.39, 0.29) is 0 Å². The van der Waals surface area contributed by atoms with E-state index in [0.717, 1.165) is 28.3 Å². The summed E-state index contributed by atoms with van der Waals surface area (Å²) in [6.07, 6.45) is 0.822. The minimum atomic E-state index is 0.632. The number of aryl methyl sites for hydroxylation is 1. The van der Waals surface area contributed by atoms with Crippen molar-refractivity contribution in [1.82, 2.24) is 9.97 Å². The Morgan fingerprint density at radius 3 is 2.89 bits per heavy atom. The molecular formula is C15H15N3S. The predicted molar refractivity (Wildman–Crippen MR) is 80.3 cm³/mol. The van der Waals surface area contributed by atoms with E-state index in [1.165, 1.54) is 10.9 Å². The van der Waals surface area contributed by atoms with Crippen LogP contribution in [0.3, 0.4) is 0 Å². The molecular weight excluding hydrogens is 254 g/mol. The zero-order chi connectivity index (χ0) is 13.2. The molecule has 96 valence electrons. The second kappa shape index (κ2) is 5.07. The number of rotatable bonds is 3. The van der Waals surface area contributed by atoms with Gasteiger partial charge in [0.15, 0.2) is 0 Å². The number of nitrogens with zero attached hydrogens (tertiary/aromatic N) is 2. The van der Waals surface area contributed by atoms with Crippen LogP contribution in [0.2, 0.25) is 0 Å². The Hall–Kier alpha value is -1.78. The Balaban J connectivity index is 2.09. The van der Waals surface area contributed by atoms with E-state index in [1.807, 2.05) is 18.2 Å². The lowest BCUT2D eigenvalue weighted by Crippen LogP contribution is -2.02. The highest BCUT2D eigenvalue weighted by atomic mass is 32.1. The lowest BCUT2D eigenvalue weighted by Gasteiger charge is -2.04. The molecule has 2 aromatic heterocycles. The molecule has 4 heteroatoms. The highest BCUT2D eigenvalue weighted by molar-refractivity contribution is 7.13. The lowest BCUT2D eigenvalue weighted by molar-refractivity contribution is 0.936. The minimum absolute atomic E-state index is 0.632. The van der Waals surface area contributed by atoms with Crippen molar-refractivity contribution in [1.29, 1.82) is 0 Å². The van der Waals surface area contributed by atoms with Crippen LogP contribution in [0.5, 0.6) is 0 Å². The van der Waals surface area contributed by atoms with Crippen molar-refractivity contribution in [2.24, 2.45) is 5.73 Å². The van der Waals surface area contributed by atoms with Crippen LogP contribution >= 0.6 is 11.3 Å². The van der Waals surface area contributed by atoms with E-state index < -0.39 is 0 Å². The third-order valence-corrected chi connectivity index (χ3v) is 4.01. The average Bonchev–Trinajstić information content (AvgIpc) is 2.88. The van der Waals surface area contributed by atoms with Gasteiger partial charge in [0, 0.05) is 17.2 Å². The van der Waals surface area contributed by atoms with Gasteiger partial charge in [-0.05, 0) is 31.2 Å². The summed E-state index contributed by atoms with van der Waals surface area (Å²) in [7, 11) is 0. The Morgan fingerprint density at radius 2 is 2.05 bits per heavy atom. The fourth-order valence-electron chi connectivity index (χ4n) is 2.15. The molecule has 0 aliphatic rings. The van der Waals surface area contributed by atoms with Crippen LogP contribution in [-0.2, 0) is 6.42 Å². The molecule has 0 aliphatic carbocycles. The molecule has 19 heavy (non-hydrogen) atoms. The summed E-state index contributed by atoms with van der Waals surface area (Å²) in [6, 6.07) is 10.3. The van der Waals surface area contributed by atoms with Gasteiger partial charge in [0.05, 0.1) is 16.9 Å². The average molecular weight is 269 g/mol. The van der Waals surface area contributed by atoms with Crippen molar-refractivity contribution < 1.29 is 0 Å². The quantitative estimate of drug-likeness (QED) is 0.794. The standard InChI is InChI=1S/C15H15N3S/c1-10-8-14(15-17-11(6-7-16)9-19-15)18-13-5-3-2-4-12(10)13/h2-5,8-9H,6-7,16H2,1H3. The smallest absolute Gasteiger partial charge is 0.142 e. The van der Waals surface area contributed by atoms with E-state index in [4.69, 9.17) is 10.7 Å². The van der Waals surface area contributed by atoms with Gasteiger partial charge >= 0.3 is 0 Å². The molecule has 3 nitrogen and oxygen atoms in total. The summed E-state index contributed by atoms with van der Waals surface area (Å²) in [5, 5.41) is 4.23. The zero-order valence-corrected chi connectivity index (χ0v) is 11.6. The normalized spacial score (nSPS) is 11.1. The first-order valence-electron chi connectivity index (χ1n) is 6.29. The first-order valence-corrected chi connectivity index (χ1v) is 7.17. The molecule has 2 heterocycles. The Bertz CT molecular complexity index is 718. The van der Waals surface area contributed by atoms with E-state index in [2.05, 4.69) is 29.4 Å². The van der Waals surface area contributed by atoms with Crippen molar-refractivity contribution in [2.45, 2.75) is 13.3 Å². The maximum Gasteiger partial charge on any atom is 0.142 e. The van der Waals surface area contributed by atoms with Crippen molar-refractivity contribution in [3.05, 3.63) is 47.0 Å². The molecule has 0 atom stereocenters. The Labute approximate surface area is 116 Å². The number of thiazole rings is 1. The number of benzene rings is 1. The van der Waals surface area contributed by atoms with E-state index >= 15 is 0 Å². The predicted octanol–water partition coefficient (Wildman–Crippen LogP) is 3.17. The third kappa shape index (κ3) is 2.37. The number of para-hydroxylation sites is 1. The molecule has 3 rings (SSSR count). The Morgan fingerprint density at radius 1 is 1.21 bits per heavy atom. The van der Waals surface area contributed by atoms with E-state index in [1.54, 1.807) is 11.3 Å². The summed E-state index contributed by atoms with van der Waals surface area (Å²) in [4.78, 5) is 9.29. The number of aromatic nitrogens is 2. The van der Waals surface area contributed by atoms with Crippen LogP contribution in [0, 0.1) is 6.92 Å². The van der Waals surface area contributed by atoms with E-state index in [0.29, 0.717) is 6.54 Å². The maximum absolute atomic E-state index is 5.56. The van der Waals surface area contributed by atoms with Gasteiger partial charge in [-0.2, -0.15) is 0 Å². The number of hydrogen-bond donors (Lipinski definition) is 1. The van der Waals surface area contributed by atoms with Crippen molar-refractivity contribution >= 4 is 22.2 Å². The largest absolute Gasteiger partial charge is 0.330 e. The number of fused-ring (bicyclic) bond motifs is 1. The molecule has 1 aromatic carbocycles. The van der Waals surface area contributed by atoms with Gasteiger partial charge in [-0.1, -0.05) is 18.2 Å². The molecule has 0 saturated carbocycles. The zero-order valence-electron chi connectivity index (χ0n) is 10.8. The van der Waals surface area contributed by atoms with Crippen LogP contribution in [0.15, 0.2) is 35.7 Å². The fraction of sp³-hybridized carbons (Fsp3) is 0.200. The van der Waals surface area contributed by atoms with Gasteiger partial charge in [-0.15, -0.1) is 11.3 Å². The highest BCUT2D eigenvalue weighted by Crippen LogP contribution is 2.26. The van der Waals surface area contributed by atoms with Crippen molar-refractivity contribution in [3.63, 3.8) is 0 Å². The summed E-state index contributed by atoms with van der Waals surface area (Å²) >= 11 is 1.63. The van der Waals surface area contributed by atoms with Crippen LogP contribution in [0.25, 0.3) is 21.6 Å². The molecule has 0 radical (unpaired) electrons. The van der Waals surface area contributed by atoms with Crippen LogP contribution in [0.1, 0.15) is 11.3 Å². The van der Waals surface area contributed by atoms with Gasteiger partial charge in [-0.3, -0.25) is 0 Å². The fourth-order valence-corrected chi connectivity index (χ4v) is 2.96. The SMILES string of the molecule is Cc1cc(-c2nc(CCN)cs2)nc2ccccc12. The van der Waals surface area contributed by atoms with Crippen molar-refractivity contribution in [2.75, 3.05) is 6.54 Å². The molecule has 0 amide bonds. The number of pyridine rings is 1. The second-order valence-corrected chi connectivity index (χ2v) is 5.38. The van der Waals surface area contributed by atoms with Gasteiger partial charge in [0.25, 0.3) is 0 Å². The minimum Gasteiger partial charge on any atom is -0.330 e. The number of hydrogen-bond acceptors (Lipinski definition) is 4. The van der Waals surface area contributed by atoms with Crippen LogP contribution in [-0.4, -0.2) is 16.5 Å². The maximum atomic E-state index is 5.56. The Kier molecular flexibility index (Phi) is 3.27. The van der Waals surface area contributed by atoms with Crippen molar-refractivity contribution in [3.8, 4) is 10.7 Å². The lowest BCUT2D eigenvalue weighted by atomic mass is 10.1. The van der Waals surface area contributed by atoms with Gasteiger partial charge in [0.2, 0.25) is 0 Å². The number of nitrogens with two attached hydrogens (primary N) is 1. The summed E-state index contributed by atoms with van der Waals surface area (Å²) in [6.45, 7) is 2.75. The first kappa shape index (κ1) is 12.3. The molecule has 0 aliphatic heterocycles. The molecule has 0 spiro atoms. The molecule has 0 fully saturated rings. The van der Waals surface area contributed by atoms with Gasteiger partial charge in [0.1, 0.15) is 5.01 Å². The molecule has 0 unspecified atom stereocenters. The first-order chi connectivity index (χ1) is 9.28. The highest BCUT2D eigenvalue weighted by Gasteiger charge is 2.08. The monoisotopic (exact) mass is 269 g/mol. The molecule has 2 N–H and O–H groups in total. The van der Waals surface area contributed by atoms with Gasteiger partial charge < -0.3 is 5.73 Å². The molecule has 0 bridgehead atoms. The molecule has 0 saturated heterocycles. The van der Waals surface area contributed by atoms with Crippen LogP contribution < -0.4 is 5.73 Å². The molecule has 3 aromatic rings. The third-order valence-electron chi connectivity index (χ3n) is 3.09. The summed E-state index contributed by atoms with van der Waals surface area (Å²) in [5.74, 6) is 0. The van der Waals surface area contributed by atoms with Gasteiger partial charge in [-0.25, -0.2) is 9.97 Å². The van der Waals surface area contributed by atoms with Crippen LogP contribution in [0.4, 0.5) is 0 Å². The second-order valence-electron chi connectivity index (χ2n) is 4.52. The van der Waals surface area contributed by atoms with E-state index in [9.17, 15) is 0 Å².